The molecule has 3 N–H and O–H groups in total. The molecule has 1 aliphatic rings. The lowest BCUT2D eigenvalue weighted by Gasteiger charge is -2.18. The monoisotopic (exact) mass is 282 g/mol. The van der Waals surface area contributed by atoms with Crippen LogP contribution in [0.5, 0.6) is 0 Å². The Morgan fingerprint density at radius 1 is 1.53 bits per heavy atom. The number of hydrogen-bond donors (Lipinski definition) is 2. The average Bonchev–Trinajstić information content (AvgIpc) is 2.88. The van der Waals surface area contributed by atoms with Crippen molar-refractivity contribution in [3.8, 4) is 0 Å². The van der Waals surface area contributed by atoms with Gasteiger partial charge in [-0.1, -0.05) is 29.8 Å². The number of carbonyl (C=O) groups excluding carboxylic acids is 1. The van der Waals surface area contributed by atoms with Crippen molar-refractivity contribution in [2.45, 2.75) is 38.0 Å². The van der Waals surface area contributed by atoms with E-state index in [4.69, 9.17) is 22.1 Å². The molecule has 2 unspecified atom stereocenters. The zero-order chi connectivity index (χ0) is 13.8. The van der Waals surface area contributed by atoms with E-state index in [1.807, 2.05) is 31.2 Å². The lowest BCUT2D eigenvalue weighted by Crippen LogP contribution is -2.37. The number of ether oxygens (including phenoxy) is 1. The maximum atomic E-state index is 12.1. The average molecular weight is 283 g/mol. The summed E-state index contributed by atoms with van der Waals surface area (Å²) in [6.07, 6.45) is 1.18. The Labute approximate surface area is 118 Å². The fourth-order valence-corrected chi connectivity index (χ4v) is 2.58. The van der Waals surface area contributed by atoms with Crippen molar-refractivity contribution in [2.24, 2.45) is 5.73 Å². The van der Waals surface area contributed by atoms with Crippen LogP contribution in [-0.4, -0.2) is 24.7 Å². The number of benzene rings is 1. The molecule has 0 spiro atoms. The molecule has 0 radical (unpaired) electrons. The Hall–Kier alpha value is -1.10. The number of rotatable bonds is 4. The van der Waals surface area contributed by atoms with E-state index in [1.54, 1.807) is 0 Å². The molecule has 0 aliphatic carbocycles. The van der Waals surface area contributed by atoms with Gasteiger partial charge in [-0.15, -0.1) is 0 Å². The van der Waals surface area contributed by atoms with Crippen LogP contribution in [-0.2, 0) is 9.53 Å². The first-order chi connectivity index (χ1) is 9.11. The summed E-state index contributed by atoms with van der Waals surface area (Å²) in [6, 6.07) is 7.36. The van der Waals surface area contributed by atoms with Crippen molar-refractivity contribution in [3.05, 3.63) is 34.9 Å². The molecule has 1 aromatic carbocycles. The molecule has 3 atom stereocenters. The van der Waals surface area contributed by atoms with E-state index >= 15 is 0 Å². The number of halogens is 1. The molecule has 2 rings (SSSR count). The topological polar surface area (TPSA) is 64.4 Å². The number of hydrogen-bond acceptors (Lipinski definition) is 3. The molecular weight excluding hydrogens is 264 g/mol. The van der Waals surface area contributed by atoms with Crippen LogP contribution in [0.3, 0.4) is 0 Å². The third kappa shape index (κ3) is 3.47. The van der Waals surface area contributed by atoms with Gasteiger partial charge in [0.2, 0.25) is 5.91 Å². The summed E-state index contributed by atoms with van der Waals surface area (Å²) < 4.78 is 5.57. The van der Waals surface area contributed by atoms with Crippen LogP contribution in [0.15, 0.2) is 24.3 Å². The van der Waals surface area contributed by atoms with Gasteiger partial charge in [-0.25, -0.2) is 0 Å². The molecule has 5 heteroatoms. The molecule has 0 saturated carbocycles. The van der Waals surface area contributed by atoms with E-state index in [1.165, 1.54) is 0 Å². The van der Waals surface area contributed by atoms with Gasteiger partial charge in [0.15, 0.2) is 0 Å². The van der Waals surface area contributed by atoms with Gasteiger partial charge in [0.1, 0.15) is 6.10 Å². The maximum absolute atomic E-state index is 12.1. The predicted octanol–water partition coefficient (Wildman–Crippen LogP) is 2.02. The first kappa shape index (κ1) is 14.3. The standard InChI is InChI=1S/C14H19ClN2O2/c1-9(11-4-2-3-5-12(11)15)17-14(18)13-7-6-10(8-16)19-13/h2-5,9-10,13H,6-8,16H2,1H3,(H,17,18)/t9-,10?,13?/m1/s1. The molecule has 1 fully saturated rings. The van der Waals surface area contributed by atoms with Crippen molar-refractivity contribution in [1.82, 2.24) is 5.32 Å². The van der Waals surface area contributed by atoms with E-state index in [0.29, 0.717) is 11.6 Å². The minimum atomic E-state index is -0.390. The van der Waals surface area contributed by atoms with Gasteiger partial charge in [0.25, 0.3) is 0 Å². The van der Waals surface area contributed by atoms with Gasteiger partial charge >= 0.3 is 0 Å². The molecule has 0 bridgehead atoms. The van der Waals surface area contributed by atoms with Crippen molar-refractivity contribution < 1.29 is 9.53 Å². The SMILES string of the molecule is C[C@@H](NC(=O)C1CCC(CN)O1)c1ccccc1Cl. The van der Waals surface area contributed by atoms with Gasteiger partial charge in [-0.05, 0) is 31.4 Å². The van der Waals surface area contributed by atoms with Crippen molar-refractivity contribution in [3.63, 3.8) is 0 Å². The van der Waals surface area contributed by atoms with Gasteiger partial charge < -0.3 is 15.8 Å². The second kappa shape index (κ2) is 6.37. The zero-order valence-corrected chi connectivity index (χ0v) is 11.7. The molecule has 1 amide bonds. The Bertz CT molecular complexity index is 453. The van der Waals surface area contributed by atoms with Crippen molar-refractivity contribution >= 4 is 17.5 Å². The normalized spacial score (nSPS) is 24.2. The summed E-state index contributed by atoms with van der Waals surface area (Å²) in [5, 5.41) is 3.59. The summed E-state index contributed by atoms with van der Waals surface area (Å²) in [5.74, 6) is -0.0941. The van der Waals surface area contributed by atoms with Gasteiger partial charge in [0, 0.05) is 11.6 Å². The first-order valence-corrected chi connectivity index (χ1v) is 6.90. The van der Waals surface area contributed by atoms with Crippen LogP contribution in [0.1, 0.15) is 31.4 Å². The molecule has 104 valence electrons. The van der Waals surface area contributed by atoms with E-state index in [-0.39, 0.29) is 18.1 Å². The van der Waals surface area contributed by atoms with E-state index in [2.05, 4.69) is 5.32 Å². The predicted molar refractivity (Wildman–Crippen MR) is 75.0 cm³/mol. The third-order valence-electron chi connectivity index (χ3n) is 3.39. The fourth-order valence-electron chi connectivity index (χ4n) is 2.28. The second-order valence-electron chi connectivity index (χ2n) is 4.81. The Morgan fingerprint density at radius 3 is 2.89 bits per heavy atom. The highest BCUT2D eigenvalue weighted by molar-refractivity contribution is 6.31. The number of nitrogens with two attached hydrogens (primary N) is 1. The van der Waals surface area contributed by atoms with E-state index < -0.39 is 6.10 Å². The minimum absolute atomic E-state index is 0.00590. The van der Waals surface area contributed by atoms with Gasteiger partial charge in [0.05, 0.1) is 12.1 Å². The Balaban J connectivity index is 1.94. The zero-order valence-electron chi connectivity index (χ0n) is 10.9. The maximum Gasteiger partial charge on any atom is 0.249 e. The van der Waals surface area contributed by atoms with Crippen LogP contribution in [0.25, 0.3) is 0 Å². The van der Waals surface area contributed by atoms with Gasteiger partial charge in [-0.2, -0.15) is 0 Å². The third-order valence-corrected chi connectivity index (χ3v) is 3.74. The smallest absolute Gasteiger partial charge is 0.249 e. The van der Waals surface area contributed by atoms with Crippen LogP contribution in [0.2, 0.25) is 5.02 Å². The molecule has 4 nitrogen and oxygen atoms in total. The first-order valence-electron chi connectivity index (χ1n) is 6.52. The highest BCUT2D eigenvalue weighted by Crippen LogP contribution is 2.24. The van der Waals surface area contributed by atoms with Crippen molar-refractivity contribution in [1.29, 1.82) is 0 Å². The van der Waals surface area contributed by atoms with Gasteiger partial charge in [-0.3, -0.25) is 4.79 Å². The Morgan fingerprint density at radius 2 is 2.26 bits per heavy atom. The Kier molecular flexibility index (Phi) is 4.80. The molecular formula is C14H19ClN2O2. The number of carbonyl (C=O) groups is 1. The molecule has 1 saturated heterocycles. The molecule has 19 heavy (non-hydrogen) atoms. The molecule has 1 heterocycles. The van der Waals surface area contributed by atoms with Crippen LogP contribution >= 0.6 is 11.6 Å². The van der Waals surface area contributed by atoms with Crippen LogP contribution in [0, 0.1) is 0 Å². The van der Waals surface area contributed by atoms with E-state index in [0.717, 1.165) is 18.4 Å². The second-order valence-corrected chi connectivity index (χ2v) is 5.22. The summed E-state index contributed by atoms with van der Waals surface area (Å²) in [7, 11) is 0. The lowest BCUT2D eigenvalue weighted by atomic mass is 10.1. The summed E-state index contributed by atoms with van der Waals surface area (Å²) in [5.41, 5.74) is 6.44. The summed E-state index contributed by atoms with van der Waals surface area (Å²) in [6.45, 7) is 2.37. The highest BCUT2D eigenvalue weighted by Gasteiger charge is 2.30. The number of amides is 1. The van der Waals surface area contributed by atoms with Crippen LogP contribution in [0.4, 0.5) is 0 Å². The largest absolute Gasteiger partial charge is 0.364 e. The quantitative estimate of drug-likeness (QED) is 0.888. The number of nitrogens with one attached hydrogen (secondary N) is 1. The molecule has 1 aliphatic heterocycles. The van der Waals surface area contributed by atoms with Crippen molar-refractivity contribution in [2.75, 3.05) is 6.54 Å². The lowest BCUT2D eigenvalue weighted by molar-refractivity contribution is -0.132. The summed E-state index contributed by atoms with van der Waals surface area (Å²) in [4.78, 5) is 12.1. The van der Waals surface area contributed by atoms with E-state index in [9.17, 15) is 4.79 Å². The highest BCUT2D eigenvalue weighted by atomic mass is 35.5. The fraction of sp³-hybridized carbons (Fsp3) is 0.500. The molecule has 1 aromatic rings. The minimum Gasteiger partial charge on any atom is -0.364 e. The summed E-state index contributed by atoms with van der Waals surface area (Å²) >= 11 is 6.11. The molecule has 0 aromatic heterocycles. The van der Waals surface area contributed by atoms with Crippen LogP contribution < -0.4 is 11.1 Å².